The molecule has 0 fully saturated rings. The van der Waals surface area contributed by atoms with Gasteiger partial charge in [-0.1, -0.05) is 6.07 Å². The molecule has 1 atom stereocenters. The van der Waals surface area contributed by atoms with E-state index in [0.717, 1.165) is 61.3 Å². The van der Waals surface area contributed by atoms with Gasteiger partial charge in [0.15, 0.2) is 0 Å². The van der Waals surface area contributed by atoms with Gasteiger partial charge in [-0.2, -0.15) is 5.26 Å². The van der Waals surface area contributed by atoms with Gasteiger partial charge in [0.2, 0.25) is 5.91 Å². The van der Waals surface area contributed by atoms with Crippen molar-refractivity contribution in [2.75, 3.05) is 45.4 Å². The van der Waals surface area contributed by atoms with Crippen LogP contribution >= 0.6 is 0 Å². The minimum atomic E-state index is -0.588. The largest absolute Gasteiger partial charge is 0.494 e. The molecule has 1 unspecified atom stereocenters. The fourth-order valence-electron chi connectivity index (χ4n) is 4.55. The molecule has 0 bridgehead atoms. The molecule has 1 aliphatic heterocycles. The number of nitriles is 1. The molecule has 0 aliphatic carbocycles. The Labute approximate surface area is 240 Å². The summed E-state index contributed by atoms with van der Waals surface area (Å²) in [5.74, 6) is -0.274. The molecule has 0 saturated carbocycles. The summed E-state index contributed by atoms with van der Waals surface area (Å²) in [6, 6.07) is 11.6. The molecule has 1 amide bonds. The fourth-order valence-corrected chi connectivity index (χ4v) is 4.55. The maximum atomic E-state index is 13.7. The number of methoxy groups -OCH3 is 1. The number of aldehydes is 1. The molecule has 1 heterocycles. The lowest BCUT2D eigenvalue weighted by Gasteiger charge is -2.25. The van der Waals surface area contributed by atoms with E-state index < -0.39 is 17.8 Å². The van der Waals surface area contributed by atoms with E-state index in [1.54, 1.807) is 19.2 Å². The first-order valence-corrected chi connectivity index (χ1v) is 13.7. The van der Waals surface area contributed by atoms with Crippen LogP contribution in [0.4, 0.5) is 10.1 Å². The molecule has 3 rings (SSSR count). The smallest absolute Gasteiger partial charge is 0.234 e. The molecule has 1 aliphatic rings. The normalized spacial score (nSPS) is 14.0. The van der Waals surface area contributed by atoms with Gasteiger partial charge in [-0.3, -0.25) is 9.80 Å². The van der Waals surface area contributed by atoms with E-state index in [4.69, 9.17) is 20.5 Å². The van der Waals surface area contributed by atoms with Gasteiger partial charge in [-0.25, -0.2) is 9.40 Å². The topological polar surface area (TPSA) is 133 Å². The van der Waals surface area contributed by atoms with E-state index in [0.29, 0.717) is 26.2 Å². The summed E-state index contributed by atoms with van der Waals surface area (Å²) < 4.78 is 25.0. The van der Waals surface area contributed by atoms with Gasteiger partial charge in [0.05, 0.1) is 30.5 Å². The van der Waals surface area contributed by atoms with Crippen LogP contribution in [0.3, 0.4) is 0 Å². The van der Waals surface area contributed by atoms with Crippen LogP contribution in [0.1, 0.15) is 42.4 Å². The summed E-state index contributed by atoms with van der Waals surface area (Å²) in [5.41, 5.74) is 9.35. The Bertz CT molecular complexity index is 1250. The minimum Gasteiger partial charge on any atom is -0.494 e. The van der Waals surface area contributed by atoms with Crippen molar-refractivity contribution >= 4 is 17.9 Å². The van der Waals surface area contributed by atoms with Gasteiger partial charge in [0.1, 0.15) is 23.9 Å². The van der Waals surface area contributed by atoms with Crippen molar-refractivity contribution < 1.29 is 23.5 Å². The molecular weight excluding hydrogens is 527 g/mol. The highest BCUT2D eigenvalue weighted by atomic mass is 19.1. The van der Waals surface area contributed by atoms with Crippen molar-refractivity contribution in [1.29, 1.82) is 5.26 Å². The number of hydrogen-bond donors (Lipinski definition) is 3. The zero-order valence-corrected chi connectivity index (χ0v) is 23.7. The highest BCUT2D eigenvalue weighted by Crippen LogP contribution is 2.25. The van der Waals surface area contributed by atoms with Crippen molar-refractivity contribution in [2.45, 2.75) is 44.9 Å². The molecule has 220 valence electrons. The Hall–Kier alpha value is -3.82. The van der Waals surface area contributed by atoms with E-state index >= 15 is 0 Å². The number of nitrogens with zero attached hydrogens (tertiary/aromatic N) is 3. The summed E-state index contributed by atoms with van der Waals surface area (Å²) in [5, 5.41) is 19.6. The predicted octanol–water partition coefficient (Wildman–Crippen LogP) is 2.77. The van der Waals surface area contributed by atoms with Crippen molar-refractivity contribution in [3.63, 3.8) is 0 Å². The number of halogens is 1. The number of amides is 1. The maximum Gasteiger partial charge on any atom is 0.234 e. The lowest BCUT2D eigenvalue weighted by atomic mass is 10.1. The summed E-state index contributed by atoms with van der Waals surface area (Å²) in [4.78, 5) is 22.4. The number of ether oxygens (including phenoxy) is 2. The van der Waals surface area contributed by atoms with Gasteiger partial charge < -0.3 is 30.6 Å². The highest BCUT2D eigenvalue weighted by molar-refractivity contribution is 5.80. The lowest BCUT2D eigenvalue weighted by Crippen LogP contribution is -2.41. The number of benzene rings is 2. The SMILES string of the molecule is COCc1ccc(OCCCCNCC2=CN(c3ccc(F)c(C#N)c3)N(C)C2)cc1CNC(CCC=O)C(N)=O. The van der Waals surface area contributed by atoms with Gasteiger partial charge >= 0.3 is 0 Å². The van der Waals surface area contributed by atoms with E-state index in [-0.39, 0.29) is 12.0 Å². The molecule has 2 aromatic rings. The number of likely N-dealkylation sites (N-methyl/N-ethyl adjacent to an activating group) is 1. The lowest BCUT2D eigenvalue weighted by molar-refractivity contribution is -0.120. The number of primary amides is 1. The van der Waals surface area contributed by atoms with Crippen LogP contribution in [0.5, 0.6) is 5.75 Å². The average molecular weight is 567 g/mol. The summed E-state index contributed by atoms with van der Waals surface area (Å²) in [6.45, 7) is 3.68. The number of anilines is 1. The first-order valence-electron chi connectivity index (χ1n) is 13.7. The average Bonchev–Trinajstić information content (AvgIpc) is 3.33. The van der Waals surface area contributed by atoms with E-state index in [2.05, 4.69) is 10.6 Å². The second-order valence-electron chi connectivity index (χ2n) is 9.90. The molecule has 2 aromatic carbocycles. The minimum absolute atomic E-state index is 0.0275. The quantitative estimate of drug-likeness (QED) is 0.184. The van der Waals surface area contributed by atoms with Crippen LogP contribution < -0.4 is 26.1 Å². The van der Waals surface area contributed by atoms with E-state index in [1.165, 1.54) is 11.6 Å². The van der Waals surface area contributed by atoms with E-state index in [9.17, 15) is 14.0 Å². The van der Waals surface area contributed by atoms with Crippen molar-refractivity contribution in [2.24, 2.45) is 5.73 Å². The third-order valence-electron chi connectivity index (χ3n) is 6.74. The van der Waals surface area contributed by atoms with Gasteiger partial charge in [-0.05, 0) is 72.8 Å². The molecule has 0 radical (unpaired) electrons. The Morgan fingerprint density at radius 2 is 2.05 bits per heavy atom. The molecule has 4 N–H and O–H groups in total. The van der Waals surface area contributed by atoms with Crippen LogP contribution in [-0.2, 0) is 27.5 Å². The number of nitrogens with one attached hydrogen (secondary N) is 2. The summed E-state index contributed by atoms with van der Waals surface area (Å²) in [7, 11) is 3.57. The number of carbonyl (C=O) groups excluding carboxylic acids is 2. The Balaban J connectivity index is 1.42. The number of rotatable bonds is 18. The van der Waals surface area contributed by atoms with Crippen LogP contribution in [-0.4, -0.2) is 63.6 Å². The first kappa shape index (κ1) is 31.7. The molecule has 11 heteroatoms. The fraction of sp³-hybridized carbons (Fsp3) is 0.433. The zero-order chi connectivity index (χ0) is 29.6. The van der Waals surface area contributed by atoms with Gasteiger partial charge in [0.25, 0.3) is 0 Å². The van der Waals surface area contributed by atoms with Crippen molar-refractivity contribution in [3.8, 4) is 11.8 Å². The second-order valence-corrected chi connectivity index (χ2v) is 9.90. The maximum absolute atomic E-state index is 13.7. The van der Waals surface area contributed by atoms with Crippen molar-refractivity contribution in [1.82, 2.24) is 15.6 Å². The van der Waals surface area contributed by atoms with E-state index in [1.807, 2.05) is 47.5 Å². The Morgan fingerprint density at radius 3 is 2.78 bits per heavy atom. The molecular formula is C30H39FN6O4. The number of nitrogens with two attached hydrogens (primary N) is 1. The monoisotopic (exact) mass is 566 g/mol. The number of unbranched alkanes of at least 4 members (excludes halogenated alkanes) is 1. The van der Waals surface area contributed by atoms with Gasteiger partial charge in [-0.15, -0.1) is 0 Å². The molecule has 10 nitrogen and oxygen atoms in total. The number of carbonyl (C=O) groups is 2. The van der Waals surface area contributed by atoms with Crippen LogP contribution in [0, 0.1) is 17.1 Å². The Morgan fingerprint density at radius 1 is 1.22 bits per heavy atom. The summed E-state index contributed by atoms with van der Waals surface area (Å²) in [6.07, 6.45) is 5.21. The predicted molar refractivity (Wildman–Crippen MR) is 154 cm³/mol. The van der Waals surface area contributed by atoms with Gasteiger partial charge in [0, 0.05) is 46.4 Å². The second kappa shape index (κ2) is 16.4. The molecule has 41 heavy (non-hydrogen) atoms. The van der Waals surface area contributed by atoms with Crippen LogP contribution in [0.2, 0.25) is 0 Å². The van der Waals surface area contributed by atoms with Crippen molar-refractivity contribution in [3.05, 3.63) is 70.7 Å². The number of hydrazine groups is 1. The molecule has 0 saturated heterocycles. The third kappa shape index (κ3) is 9.65. The Kier molecular flexibility index (Phi) is 12.7. The third-order valence-corrected chi connectivity index (χ3v) is 6.74. The number of hydrogen-bond acceptors (Lipinski definition) is 9. The van der Waals surface area contributed by atoms with Crippen LogP contribution in [0.15, 0.2) is 48.2 Å². The molecule has 0 spiro atoms. The molecule has 0 aromatic heterocycles. The highest BCUT2D eigenvalue weighted by Gasteiger charge is 2.20. The summed E-state index contributed by atoms with van der Waals surface area (Å²) >= 11 is 0. The first-order chi connectivity index (χ1) is 19.9. The standard InChI is InChI=1S/C30H39FN6O4/c1-36-19-22(20-37(36)26-8-10-28(31)24(14-26)16-32)17-34-11-3-4-13-41-27-9-7-23(21-40-2)25(15-27)18-35-29(30(33)39)6-5-12-38/h7-10,12,14-15,20,29,34-35H,3-6,11,13,17-19,21H2,1-2H3,(H2,33,39). The zero-order valence-electron chi connectivity index (χ0n) is 23.7. The van der Waals surface area contributed by atoms with Crippen LogP contribution in [0.25, 0.3) is 0 Å².